The van der Waals surface area contributed by atoms with Crippen molar-refractivity contribution in [3.63, 3.8) is 0 Å². The molecule has 3 nitrogen and oxygen atoms in total. The van der Waals surface area contributed by atoms with Crippen LogP contribution in [-0.4, -0.2) is 5.11 Å². The van der Waals surface area contributed by atoms with Crippen molar-refractivity contribution in [3.8, 4) is 5.75 Å². The summed E-state index contributed by atoms with van der Waals surface area (Å²) in [7, 11) is 0. The molecule has 0 saturated heterocycles. The number of aryl methyl sites for hydroxylation is 1. The minimum Gasteiger partial charge on any atom is -0.505 e. The van der Waals surface area contributed by atoms with E-state index in [1.54, 1.807) is 12.1 Å². The van der Waals surface area contributed by atoms with E-state index >= 15 is 0 Å². The van der Waals surface area contributed by atoms with Crippen molar-refractivity contribution >= 4 is 27.3 Å². The number of aromatic hydroxyl groups is 1. The number of phenolic OH excluding ortho intramolecular Hbond substituents is 1. The smallest absolute Gasteiger partial charge is 0.157 e. The summed E-state index contributed by atoms with van der Waals surface area (Å²) >= 11 is 3.23. The summed E-state index contributed by atoms with van der Waals surface area (Å²) in [6.07, 6.45) is 0. The van der Waals surface area contributed by atoms with E-state index in [-0.39, 0.29) is 11.6 Å². The topological polar surface area (TPSA) is 45.0 Å². The predicted octanol–water partition coefficient (Wildman–Crippen LogP) is 5.02. The largest absolute Gasteiger partial charge is 0.505 e. The average Bonchev–Trinajstić information content (AvgIpc) is 2.34. The lowest BCUT2D eigenvalue weighted by Crippen LogP contribution is -1.75. The Morgan fingerprint density at radius 2 is 1.78 bits per heavy atom. The first-order valence-electron chi connectivity index (χ1n) is 5.22. The van der Waals surface area contributed by atoms with Gasteiger partial charge in [-0.15, -0.1) is 5.11 Å². The van der Waals surface area contributed by atoms with Crippen LogP contribution in [0.1, 0.15) is 5.56 Å². The van der Waals surface area contributed by atoms with Gasteiger partial charge >= 0.3 is 0 Å². The molecule has 2 aromatic carbocycles. The summed E-state index contributed by atoms with van der Waals surface area (Å²) in [5.41, 5.74) is 1.84. The van der Waals surface area contributed by atoms with Crippen LogP contribution in [0.4, 0.5) is 15.8 Å². The second-order valence-electron chi connectivity index (χ2n) is 3.79. The summed E-state index contributed by atoms with van der Waals surface area (Å²) in [5, 5.41) is 17.7. The maximum absolute atomic E-state index is 12.7. The lowest BCUT2D eigenvalue weighted by molar-refractivity contribution is 0.473. The van der Waals surface area contributed by atoms with Crippen LogP contribution in [0.5, 0.6) is 5.75 Å². The van der Waals surface area contributed by atoms with E-state index in [1.165, 1.54) is 24.3 Å². The highest BCUT2D eigenvalue weighted by Gasteiger charge is 2.05. The van der Waals surface area contributed by atoms with Gasteiger partial charge in [0.2, 0.25) is 0 Å². The summed E-state index contributed by atoms with van der Waals surface area (Å²) in [5.74, 6) is -0.290. The van der Waals surface area contributed by atoms with Gasteiger partial charge in [0.05, 0.1) is 10.2 Å². The third-order valence-corrected chi connectivity index (χ3v) is 2.89. The molecule has 2 rings (SSSR count). The predicted molar refractivity (Wildman–Crippen MR) is 71.1 cm³/mol. The van der Waals surface area contributed by atoms with Crippen molar-refractivity contribution in [3.05, 3.63) is 52.3 Å². The van der Waals surface area contributed by atoms with Gasteiger partial charge in [0, 0.05) is 0 Å². The second-order valence-corrected chi connectivity index (χ2v) is 4.65. The van der Waals surface area contributed by atoms with E-state index in [9.17, 15) is 9.50 Å². The first-order valence-corrected chi connectivity index (χ1v) is 6.02. The first kappa shape index (κ1) is 12.7. The molecule has 0 amide bonds. The number of benzene rings is 2. The number of nitrogens with zero attached hydrogens (tertiary/aromatic N) is 2. The number of hydrogen-bond acceptors (Lipinski definition) is 3. The highest BCUT2D eigenvalue weighted by molar-refractivity contribution is 9.10. The summed E-state index contributed by atoms with van der Waals surface area (Å²) in [4.78, 5) is 0. The molecule has 0 spiro atoms. The Labute approximate surface area is 112 Å². The second kappa shape index (κ2) is 5.27. The zero-order chi connectivity index (χ0) is 13.1. The molecule has 18 heavy (non-hydrogen) atoms. The molecule has 1 N–H and O–H groups in total. The number of rotatable bonds is 2. The lowest BCUT2D eigenvalue weighted by Gasteiger charge is -2.02. The average molecular weight is 309 g/mol. The van der Waals surface area contributed by atoms with Crippen LogP contribution in [0.15, 0.2) is 51.1 Å². The SMILES string of the molecule is Cc1cc(Br)c(O)c(N=Nc2ccc(F)cc2)c1. The van der Waals surface area contributed by atoms with Crippen LogP contribution in [0, 0.1) is 12.7 Å². The minimum absolute atomic E-state index is 0.0338. The molecule has 0 aliphatic rings. The molecule has 0 saturated carbocycles. The standard InChI is InChI=1S/C13H10BrFN2O/c1-8-6-11(14)13(18)12(7-8)17-16-10-4-2-9(15)3-5-10/h2-7,18H,1H3. The fourth-order valence-corrected chi connectivity index (χ4v) is 1.98. The van der Waals surface area contributed by atoms with Crippen LogP contribution < -0.4 is 0 Å². The van der Waals surface area contributed by atoms with E-state index in [0.29, 0.717) is 15.8 Å². The quantitative estimate of drug-likeness (QED) is 0.778. The van der Waals surface area contributed by atoms with Crippen LogP contribution in [0.25, 0.3) is 0 Å². The first-order chi connectivity index (χ1) is 8.56. The molecule has 0 radical (unpaired) electrons. The van der Waals surface area contributed by atoms with E-state index in [0.717, 1.165) is 5.56 Å². The molecule has 0 aliphatic heterocycles. The van der Waals surface area contributed by atoms with Gasteiger partial charge in [-0.3, -0.25) is 0 Å². The van der Waals surface area contributed by atoms with E-state index in [2.05, 4.69) is 26.2 Å². The fourth-order valence-electron chi connectivity index (χ4n) is 1.41. The molecule has 5 heteroatoms. The molecule has 0 aliphatic carbocycles. The summed E-state index contributed by atoms with van der Waals surface area (Å²) in [6, 6.07) is 9.14. The van der Waals surface area contributed by atoms with Gasteiger partial charge in [-0.1, -0.05) is 0 Å². The van der Waals surface area contributed by atoms with Gasteiger partial charge < -0.3 is 5.11 Å². The summed E-state index contributed by atoms with van der Waals surface area (Å²) < 4.78 is 13.3. The maximum atomic E-state index is 12.7. The molecule has 0 fully saturated rings. The normalized spacial score (nSPS) is 11.1. The molecule has 0 bridgehead atoms. The third kappa shape index (κ3) is 2.92. The Bertz CT molecular complexity index is 597. The molecular weight excluding hydrogens is 299 g/mol. The highest BCUT2D eigenvalue weighted by atomic mass is 79.9. The molecule has 0 aromatic heterocycles. The zero-order valence-corrected chi connectivity index (χ0v) is 11.1. The monoisotopic (exact) mass is 308 g/mol. The number of halogens is 2. The molecule has 92 valence electrons. The Hall–Kier alpha value is -1.75. The summed E-state index contributed by atoms with van der Waals surface area (Å²) in [6.45, 7) is 1.89. The highest BCUT2D eigenvalue weighted by Crippen LogP contribution is 2.36. The van der Waals surface area contributed by atoms with Crippen molar-refractivity contribution in [1.82, 2.24) is 0 Å². The van der Waals surface area contributed by atoms with Crippen molar-refractivity contribution in [1.29, 1.82) is 0 Å². The molecule has 2 aromatic rings. The maximum Gasteiger partial charge on any atom is 0.157 e. The number of phenols is 1. The molecule has 0 heterocycles. The van der Waals surface area contributed by atoms with E-state index < -0.39 is 0 Å². The van der Waals surface area contributed by atoms with Gasteiger partial charge in [0.15, 0.2) is 5.75 Å². The Morgan fingerprint density at radius 1 is 1.11 bits per heavy atom. The Kier molecular flexibility index (Phi) is 3.72. The Morgan fingerprint density at radius 3 is 2.44 bits per heavy atom. The number of hydrogen-bond donors (Lipinski definition) is 1. The van der Waals surface area contributed by atoms with Gasteiger partial charge in [0.1, 0.15) is 11.5 Å². The minimum atomic E-state index is -0.324. The van der Waals surface area contributed by atoms with Crippen molar-refractivity contribution in [2.24, 2.45) is 10.2 Å². The molecule has 0 unspecified atom stereocenters. The fraction of sp³-hybridized carbons (Fsp3) is 0.0769. The van der Waals surface area contributed by atoms with Crippen LogP contribution in [-0.2, 0) is 0 Å². The Balaban J connectivity index is 2.31. The lowest BCUT2D eigenvalue weighted by atomic mass is 10.2. The van der Waals surface area contributed by atoms with E-state index in [1.807, 2.05) is 6.92 Å². The molecule has 0 atom stereocenters. The van der Waals surface area contributed by atoms with E-state index in [4.69, 9.17) is 0 Å². The van der Waals surface area contributed by atoms with Gasteiger partial charge in [0.25, 0.3) is 0 Å². The van der Waals surface area contributed by atoms with Gasteiger partial charge in [-0.2, -0.15) is 5.11 Å². The third-order valence-electron chi connectivity index (χ3n) is 2.29. The van der Waals surface area contributed by atoms with Crippen LogP contribution >= 0.6 is 15.9 Å². The van der Waals surface area contributed by atoms with Crippen molar-refractivity contribution < 1.29 is 9.50 Å². The van der Waals surface area contributed by atoms with Gasteiger partial charge in [-0.05, 0) is 64.8 Å². The van der Waals surface area contributed by atoms with Crippen LogP contribution in [0.2, 0.25) is 0 Å². The number of azo groups is 1. The zero-order valence-electron chi connectivity index (χ0n) is 9.56. The van der Waals surface area contributed by atoms with Crippen LogP contribution in [0.3, 0.4) is 0 Å². The van der Waals surface area contributed by atoms with Gasteiger partial charge in [-0.25, -0.2) is 4.39 Å². The van der Waals surface area contributed by atoms with Crippen molar-refractivity contribution in [2.45, 2.75) is 6.92 Å². The van der Waals surface area contributed by atoms with Crippen molar-refractivity contribution in [2.75, 3.05) is 0 Å². The molecular formula is C13H10BrFN2O.